The Hall–Kier alpha value is -1.43. The van der Waals surface area contributed by atoms with Crippen LogP contribution in [0, 0.1) is 0 Å². The van der Waals surface area contributed by atoms with Crippen molar-refractivity contribution >= 4 is 5.91 Å². The molecular weight excluding hydrogens is 244 g/mol. The van der Waals surface area contributed by atoms with E-state index in [0.29, 0.717) is 32.9 Å². The molecule has 0 bridgehead atoms. The molecule has 1 aliphatic rings. The lowest BCUT2D eigenvalue weighted by atomic mass is 10.2. The second kappa shape index (κ2) is 7.89. The first kappa shape index (κ1) is 14.0. The molecule has 104 valence electrons. The van der Waals surface area contributed by atoms with Crippen LogP contribution in [0.1, 0.15) is 5.56 Å². The fourth-order valence-corrected chi connectivity index (χ4v) is 1.86. The molecule has 1 aliphatic heterocycles. The first-order valence-corrected chi connectivity index (χ1v) is 6.58. The van der Waals surface area contributed by atoms with E-state index in [4.69, 9.17) is 9.47 Å². The average molecular weight is 264 g/mol. The molecule has 5 nitrogen and oxygen atoms in total. The van der Waals surface area contributed by atoms with Crippen molar-refractivity contribution in [2.45, 2.75) is 12.7 Å². The molecule has 1 unspecified atom stereocenters. The molecule has 5 heteroatoms. The Labute approximate surface area is 113 Å². The highest BCUT2D eigenvalue weighted by Gasteiger charge is 2.20. The summed E-state index contributed by atoms with van der Waals surface area (Å²) in [5.74, 6) is -0.0736. The zero-order chi connectivity index (χ0) is 13.3. The van der Waals surface area contributed by atoms with Crippen molar-refractivity contribution in [2.75, 3.05) is 32.8 Å². The molecule has 1 atom stereocenters. The predicted molar refractivity (Wildman–Crippen MR) is 71.7 cm³/mol. The maximum atomic E-state index is 11.7. The van der Waals surface area contributed by atoms with Crippen LogP contribution in [0.25, 0.3) is 0 Å². The Balaban J connectivity index is 1.55. The fourth-order valence-electron chi connectivity index (χ4n) is 1.86. The molecule has 1 aromatic rings. The zero-order valence-electron chi connectivity index (χ0n) is 10.9. The van der Waals surface area contributed by atoms with E-state index in [2.05, 4.69) is 10.6 Å². The van der Waals surface area contributed by atoms with Gasteiger partial charge in [0.1, 0.15) is 6.10 Å². The minimum Gasteiger partial charge on any atom is -0.375 e. The SMILES string of the molecule is O=C(NCCOCc1ccccc1)C1CNCCO1. The monoisotopic (exact) mass is 264 g/mol. The molecule has 0 radical (unpaired) electrons. The molecular formula is C14H20N2O3. The van der Waals surface area contributed by atoms with Crippen molar-refractivity contribution in [1.82, 2.24) is 10.6 Å². The van der Waals surface area contributed by atoms with Gasteiger partial charge in [0.25, 0.3) is 5.91 Å². The molecule has 1 aromatic carbocycles. The van der Waals surface area contributed by atoms with Crippen molar-refractivity contribution in [3.63, 3.8) is 0 Å². The molecule has 2 rings (SSSR count). The summed E-state index contributed by atoms with van der Waals surface area (Å²) in [6.45, 7) is 3.55. The van der Waals surface area contributed by atoms with Gasteiger partial charge in [-0.3, -0.25) is 4.79 Å². The summed E-state index contributed by atoms with van der Waals surface area (Å²) in [6.07, 6.45) is -0.372. The molecule has 19 heavy (non-hydrogen) atoms. The third-order valence-electron chi connectivity index (χ3n) is 2.88. The summed E-state index contributed by atoms with van der Waals surface area (Å²) in [6, 6.07) is 9.96. The van der Waals surface area contributed by atoms with Crippen molar-refractivity contribution in [3.05, 3.63) is 35.9 Å². The Morgan fingerprint density at radius 2 is 2.26 bits per heavy atom. The van der Waals surface area contributed by atoms with E-state index >= 15 is 0 Å². The smallest absolute Gasteiger partial charge is 0.250 e. The average Bonchev–Trinajstić information content (AvgIpc) is 2.49. The first-order valence-electron chi connectivity index (χ1n) is 6.58. The maximum absolute atomic E-state index is 11.7. The van der Waals surface area contributed by atoms with E-state index in [0.717, 1.165) is 12.1 Å². The first-order chi connectivity index (χ1) is 9.36. The lowest BCUT2D eigenvalue weighted by Crippen LogP contribution is -2.48. The van der Waals surface area contributed by atoms with Crippen LogP contribution in [0.3, 0.4) is 0 Å². The number of amides is 1. The van der Waals surface area contributed by atoms with Crippen LogP contribution in [0.5, 0.6) is 0 Å². The number of carbonyl (C=O) groups is 1. The fraction of sp³-hybridized carbons (Fsp3) is 0.500. The zero-order valence-corrected chi connectivity index (χ0v) is 10.9. The van der Waals surface area contributed by atoms with Gasteiger partial charge >= 0.3 is 0 Å². The lowest BCUT2D eigenvalue weighted by Gasteiger charge is -2.22. The molecule has 0 saturated carbocycles. The van der Waals surface area contributed by atoms with Gasteiger partial charge in [-0.05, 0) is 5.56 Å². The number of carbonyl (C=O) groups excluding carboxylic acids is 1. The summed E-state index contributed by atoms with van der Waals surface area (Å²) < 4.78 is 10.8. The van der Waals surface area contributed by atoms with E-state index in [1.807, 2.05) is 30.3 Å². The highest BCUT2D eigenvalue weighted by Crippen LogP contribution is 2.00. The Morgan fingerprint density at radius 1 is 1.42 bits per heavy atom. The quantitative estimate of drug-likeness (QED) is 0.726. The molecule has 0 spiro atoms. The van der Waals surface area contributed by atoms with Crippen molar-refractivity contribution in [2.24, 2.45) is 0 Å². The van der Waals surface area contributed by atoms with Crippen LogP contribution in [0.15, 0.2) is 30.3 Å². The largest absolute Gasteiger partial charge is 0.375 e. The van der Waals surface area contributed by atoms with Gasteiger partial charge in [0.05, 0.1) is 19.8 Å². The van der Waals surface area contributed by atoms with Crippen LogP contribution < -0.4 is 10.6 Å². The standard InChI is InChI=1S/C14H20N2O3/c17-14(13-10-15-6-9-19-13)16-7-8-18-11-12-4-2-1-3-5-12/h1-5,13,15H,6-11H2,(H,16,17). The number of hydrogen-bond donors (Lipinski definition) is 2. The molecule has 0 aromatic heterocycles. The molecule has 1 fully saturated rings. The Morgan fingerprint density at radius 3 is 3.00 bits per heavy atom. The van der Waals surface area contributed by atoms with E-state index in [1.54, 1.807) is 0 Å². The number of nitrogens with one attached hydrogen (secondary N) is 2. The summed E-state index contributed by atoms with van der Waals surface area (Å²) in [5, 5.41) is 5.93. The highest BCUT2D eigenvalue weighted by molar-refractivity contribution is 5.81. The molecule has 0 aliphatic carbocycles. The number of benzene rings is 1. The van der Waals surface area contributed by atoms with Gasteiger partial charge in [0.15, 0.2) is 0 Å². The molecule has 1 saturated heterocycles. The Kier molecular flexibility index (Phi) is 5.81. The van der Waals surface area contributed by atoms with Gasteiger partial charge in [-0.1, -0.05) is 30.3 Å². The Bertz CT molecular complexity index is 378. The highest BCUT2D eigenvalue weighted by atomic mass is 16.5. The van der Waals surface area contributed by atoms with Crippen molar-refractivity contribution < 1.29 is 14.3 Å². The minimum absolute atomic E-state index is 0.0736. The van der Waals surface area contributed by atoms with Gasteiger partial charge in [0.2, 0.25) is 0 Å². The van der Waals surface area contributed by atoms with Gasteiger partial charge in [-0.15, -0.1) is 0 Å². The van der Waals surface area contributed by atoms with Crippen molar-refractivity contribution in [3.8, 4) is 0 Å². The summed E-state index contributed by atoms with van der Waals surface area (Å²) in [7, 11) is 0. The summed E-state index contributed by atoms with van der Waals surface area (Å²) in [4.78, 5) is 11.7. The lowest BCUT2D eigenvalue weighted by molar-refractivity contribution is -0.134. The van der Waals surface area contributed by atoms with Gasteiger partial charge in [-0.2, -0.15) is 0 Å². The van der Waals surface area contributed by atoms with Gasteiger partial charge < -0.3 is 20.1 Å². The van der Waals surface area contributed by atoms with E-state index < -0.39 is 0 Å². The summed E-state index contributed by atoms with van der Waals surface area (Å²) in [5.41, 5.74) is 1.13. The number of morpholine rings is 1. The minimum atomic E-state index is -0.372. The van der Waals surface area contributed by atoms with Crippen LogP contribution in [-0.4, -0.2) is 44.9 Å². The number of hydrogen-bond acceptors (Lipinski definition) is 4. The normalized spacial score (nSPS) is 19.1. The summed E-state index contributed by atoms with van der Waals surface area (Å²) >= 11 is 0. The maximum Gasteiger partial charge on any atom is 0.250 e. The van der Waals surface area contributed by atoms with Gasteiger partial charge in [0, 0.05) is 19.6 Å². The number of ether oxygens (including phenoxy) is 2. The van der Waals surface area contributed by atoms with E-state index in [1.165, 1.54) is 0 Å². The predicted octanol–water partition coefficient (Wildman–Crippen LogP) is 0.308. The molecule has 1 heterocycles. The van der Waals surface area contributed by atoms with E-state index in [9.17, 15) is 4.79 Å². The van der Waals surface area contributed by atoms with Crippen LogP contribution >= 0.6 is 0 Å². The third kappa shape index (κ3) is 4.98. The topological polar surface area (TPSA) is 59.6 Å². The third-order valence-corrected chi connectivity index (χ3v) is 2.88. The van der Waals surface area contributed by atoms with Crippen LogP contribution in [0.4, 0.5) is 0 Å². The number of rotatable bonds is 6. The van der Waals surface area contributed by atoms with E-state index in [-0.39, 0.29) is 12.0 Å². The van der Waals surface area contributed by atoms with Crippen LogP contribution in [-0.2, 0) is 20.9 Å². The second-order valence-electron chi connectivity index (χ2n) is 4.39. The molecule has 2 N–H and O–H groups in total. The van der Waals surface area contributed by atoms with Crippen molar-refractivity contribution in [1.29, 1.82) is 0 Å². The second-order valence-corrected chi connectivity index (χ2v) is 4.39. The molecule has 1 amide bonds. The van der Waals surface area contributed by atoms with Gasteiger partial charge in [-0.25, -0.2) is 0 Å². The van der Waals surface area contributed by atoms with Crippen LogP contribution in [0.2, 0.25) is 0 Å².